The lowest BCUT2D eigenvalue weighted by molar-refractivity contribution is 0.0865. The summed E-state index contributed by atoms with van der Waals surface area (Å²) in [6.45, 7) is 1.72. The summed E-state index contributed by atoms with van der Waals surface area (Å²) in [6.07, 6.45) is 13.3. The molecule has 19 heavy (non-hydrogen) atoms. The maximum atomic E-state index is 6.16. The second-order valence-corrected chi connectivity index (χ2v) is 6.07. The fourth-order valence-electron chi connectivity index (χ4n) is 3.30. The lowest BCUT2D eigenvalue weighted by Gasteiger charge is -2.42. The number of likely N-dealkylation sites (N-methyl/N-ethyl adjacent to an activating group) is 1. The monoisotopic (exact) mass is 264 g/mol. The number of rotatable bonds is 4. The molecule has 0 spiro atoms. The Hall–Kier alpha value is -0.870. The lowest BCUT2D eigenvalue weighted by atomic mass is 9.82. The van der Waals surface area contributed by atoms with Crippen molar-refractivity contribution in [2.24, 2.45) is 12.8 Å². The van der Waals surface area contributed by atoms with Crippen LogP contribution in [0.5, 0.6) is 0 Å². The first-order valence-electron chi connectivity index (χ1n) is 7.55. The van der Waals surface area contributed by atoms with Gasteiger partial charge in [-0.05, 0) is 19.9 Å². The minimum absolute atomic E-state index is 0.191. The largest absolute Gasteiger partial charge is 0.329 e. The molecule has 1 aliphatic rings. The maximum absolute atomic E-state index is 6.16. The number of hydrogen-bond donors (Lipinski definition) is 1. The van der Waals surface area contributed by atoms with Crippen LogP contribution in [0.4, 0.5) is 0 Å². The van der Waals surface area contributed by atoms with Crippen molar-refractivity contribution < 1.29 is 0 Å². The van der Waals surface area contributed by atoms with Crippen LogP contribution in [0.3, 0.4) is 0 Å². The molecular formula is C15H28N4. The minimum atomic E-state index is 0.191. The predicted molar refractivity (Wildman–Crippen MR) is 78.8 cm³/mol. The highest BCUT2D eigenvalue weighted by atomic mass is 15.2. The van der Waals surface area contributed by atoms with Crippen molar-refractivity contribution in [3.05, 3.63) is 18.0 Å². The molecule has 4 nitrogen and oxygen atoms in total. The van der Waals surface area contributed by atoms with Gasteiger partial charge in [-0.3, -0.25) is 9.58 Å². The van der Waals surface area contributed by atoms with Gasteiger partial charge in [-0.2, -0.15) is 5.10 Å². The van der Waals surface area contributed by atoms with Crippen molar-refractivity contribution in [2.75, 3.05) is 13.6 Å². The number of nitrogens with two attached hydrogens (primary N) is 1. The average Bonchev–Trinajstić information content (AvgIpc) is 2.75. The maximum Gasteiger partial charge on any atom is 0.0534 e. The first kappa shape index (κ1) is 14.5. The molecule has 1 aliphatic carbocycles. The number of aromatic nitrogens is 2. The Balaban J connectivity index is 2.05. The third-order valence-electron chi connectivity index (χ3n) is 4.65. The molecule has 2 N–H and O–H groups in total. The summed E-state index contributed by atoms with van der Waals surface area (Å²) in [5.74, 6) is 0. The molecule has 0 atom stereocenters. The summed E-state index contributed by atoms with van der Waals surface area (Å²) in [6, 6.07) is 0. The summed E-state index contributed by atoms with van der Waals surface area (Å²) in [4.78, 5) is 2.47. The molecule has 1 aromatic heterocycles. The molecule has 0 amide bonds. The summed E-state index contributed by atoms with van der Waals surface area (Å²) in [5, 5.41) is 4.26. The van der Waals surface area contributed by atoms with Crippen LogP contribution in [0.1, 0.15) is 50.5 Å². The Kier molecular flexibility index (Phi) is 4.99. The van der Waals surface area contributed by atoms with E-state index in [1.54, 1.807) is 0 Å². The van der Waals surface area contributed by atoms with Gasteiger partial charge >= 0.3 is 0 Å². The Morgan fingerprint density at radius 3 is 2.42 bits per heavy atom. The fraction of sp³-hybridized carbons (Fsp3) is 0.800. The summed E-state index contributed by atoms with van der Waals surface area (Å²) in [5.41, 5.74) is 7.62. The average molecular weight is 264 g/mol. The van der Waals surface area contributed by atoms with Crippen LogP contribution < -0.4 is 5.73 Å². The Labute approximate surface area is 117 Å². The van der Waals surface area contributed by atoms with Gasteiger partial charge in [-0.1, -0.05) is 32.1 Å². The predicted octanol–water partition coefficient (Wildman–Crippen LogP) is 2.29. The lowest BCUT2D eigenvalue weighted by Crippen LogP contribution is -2.52. The Morgan fingerprint density at radius 1 is 1.26 bits per heavy atom. The van der Waals surface area contributed by atoms with Gasteiger partial charge in [0, 0.05) is 37.4 Å². The third-order valence-corrected chi connectivity index (χ3v) is 4.65. The van der Waals surface area contributed by atoms with Crippen molar-refractivity contribution in [1.82, 2.24) is 14.7 Å². The van der Waals surface area contributed by atoms with Crippen molar-refractivity contribution in [1.29, 1.82) is 0 Å². The molecule has 4 heteroatoms. The van der Waals surface area contributed by atoms with Crippen LogP contribution >= 0.6 is 0 Å². The molecule has 1 heterocycles. The quantitative estimate of drug-likeness (QED) is 0.907. The SMILES string of the molecule is CN(Cc1cnn(C)c1)C1(CN)CCCCCCC1. The van der Waals surface area contributed by atoms with Crippen molar-refractivity contribution in [3.63, 3.8) is 0 Å². The zero-order valence-corrected chi connectivity index (χ0v) is 12.4. The van der Waals surface area contributed by atoms with E-state index in [2.05, 4.69) is 23.2 Å². The number of aryl methyl sites for hydroxylation is 1. The zero-order chi connectivity index (χ0) is 13.7. The van der Waals surface area contributed by atoms with Crippen molar-refractivity contribution in [3.8, 4) is 0 Å². The van der Waals surface area contributed by atoms with Gasteiger partial charge in [0.05, 0.1) is 6.20 Å². The highest BCUT2D eigenvalue weighted by molar-refractivity contribution is 5.05. The highest BCUT2D eigenvalue weighted by Crippen LogP contribution is 2.31. The summed E-state index contributed by atoms with van der Waals surface area (Å²) >= 11 is 0. The Morgan fingerprint density at radius 2 is 1.89 bits per heavy atom. The molecule has 0 aromatic carbocycles. The van der Waals surface area contributed by atoms with E-state index in [-0.39, 0.29) is 5.54 Å². The topological polar surface area (TPSA) is 47.1 Å². The van der Waals surface area contributed by atoms with Crippen LogP contribution in [-0.2, 0) is 13.6 Å². The molecule has 0 unspecified atom stereocenters. The second-order valence-electron chi connectivity index (χ2n) is 6.07. The third kappa shape index (κ3) is 3.57. The summed E-state index contributed by atoms with van der Waals surface area (Å²) < 4.78 is 1.87. The van der Waals surface area contributed by atoms with Crippen molar-refractivity contribution in [2.45, 2.75) is 57.0 Å². The van der Waals surface area contributed by atoms with Gasteiger partial charge in [0.1, 0.15) is 0 Å². The van der Waals surface area contributed by atoms with E-state index in [4.69, 9.17) is 5.73 Å². The second kappa shape index (κ2) is 6.53. The van der Waals surface area contributed by atoms with Crippen LogP contribution in [-0.4, -0.2) is 33.8 Å². The van der Waals surface area contributed by atoms with Gasteiger partial charge in [-0.25, -0.2) is 0 Å². The highest BCUT2D eigenvalue weighted by Gasteiger charge is 2.33. The normalized spacial score (nSPS) is 20.2. The van der Waals surface area contributed by atoms with Gasteiger partial charge in [0.25, 0.3) is 0 Å². The van der Waals surface area contributed by atoms with Gasteiger partial charge in [-0.15, -0.1) is 0 Å². The van der Waals surface area contributed by atoms with Crippen LogP contribution in [0.2, 0.25) is 0 Å². The molecule has 1 aromatic rings. The number of nitrogens with zero attached hydrogens (tertiary/aromatic N) is 3. The van der Waals surface area contributed by atoms with E-state index in [9.17, 15) is 0 Å². The van der Waals surface area contributed by atoms with Crippen molar-refractivity contribution >= 4 is 0 Å². The molecule has 0 aliphatic heterocycles. The zero-order valence-electron chi connectivity index (χ0n) is 12.4. The molecule has 2 rings (SSSR count). The molecular weight excluding hydrogens is 236 g/mol. The molecule has 0 bridgehead atoms. The van der Waals surface area contributed by atoms with Crippen LogP contribution in [0.25, 0.3) is 0 Å². The number of hydrogen-bond acceptors (Lipinski definition) is 3. The smallest absolute Gasteiger partial charge is 0.0534 e. The molecule has 0 saturated heterocycles. The van der Waals surface area contributed by atoms with Crippen LogP contribution in [0, 0.1) is 0 Å². The van der Waals surface area contributed by atoms with E-state index in [0.717, 1.165) is 13.1 Å². The van der Waals surface area contributed by atoms with Gasteiger partial charge < -0.3 is 5.73 Å². The van der Waals surface area contributed by atoms with E-state index >= 15 is 0 Å². The van der Waals surface area contributed by atoms with Gasteiger partial charge in [0.15, 0.2) is 0 Å². The first-order chi connectivity index (χ1) is 9.16. The molecule has 108 valence electrons. The van der Waals surface area contributed by atoms with E-state index in [1.807, 2.05) is 17.9 Å². The fourth-order valence-corrected chi connectivity index (χ4v) is 3.30. The minimum Gasteiger partial charge on any atom is -0.329 e. The first-order valence-corrected chi connectivity index (χ1v) is 7.55. The standard InChI is InChI=1S/C15H28N4/c1-18(11-14-10-17-19(2)12-14)15(13-16)8-6-4-3-5-7-9-15/h10,12H,3-9,11,13,16H2,1-2H3. The van der Waals surface area contributed by atoms with E-state index < -0.39 is 0 Å². The van der Waals surface area contributed by atoms with Crippen LogP contribution in [0.15, 0.2) is 12.4 Å². The Bertz CT molecular complexity index is 377. The van der Waals surface area contributed by atoms with Gasteiger partial charge in [0.2, 0.25) is 0 Å². The molecule has 0 radical (unpaired) electrons. The van der Waals surface area contributed by atoms with E-state index in [1.165, 1.54) is 50.5 Å². The summed E-state index contributed by atoms with van der Waals surface area (Å²) in [7, 11) is 4.19. The molecule has 1 saturated carbocycles. The molecule has 1 fully saturated rings. The van der Waals surface area contributed by atoms with E-state index in [0.29, 0.717) is 0 Å².